The van der Waals surface area contributed by atoms with E-state index in [0.717, 1.165) is 37.8 Å². The van der Waals surface area contributed by atoms with Gasteiger partial charge in [-0.15, -0.1) is 0 Å². The molecule has 0 aromatic carbocycles. The van der Waals surface area contributed by atoms with Crippen molar-refractivity contribution in [3.05, 3.63) is 0 Å². The molecule has 21 heavy (non-hydrogen) atoms. The molecule has 0 bridgehead atoms. The van der Waals surface area contributed by atoms with Crippen LogP contribution in [0.25, 0.3) is 0 Å². The van der Waals surface area contributed by atoms with Crippen LogP contribution in [-0.4, -0.2) is 48.3 Å². The Labute approximate surface area is 133 Å². The molecule has 1 atom stereocenters. The van der Waals surface area contributed by atoms with Gasteiger partial charge in [0.05, 0.1) is 6.61 Å². The van der Waals surface area contributed by atoms with Crippen LogP contribution in [0.3, 0.4) is 0 Å². The number of nitrogens with zero attached hydrogens (tertiary/aromatic N) is 1. The Bertz CT molecular complexity index is 231. The highest BCUT2D eigenvalue weighted by atomic mass is 16.3. The summed E-state index contributed by atoms with van der Waals surface area (Å²) in [5.74, 6) is 1.55. The smallest absolute Gasteiger partial charge is 0.0610 e. The summed E-state index contributed by atoms with van der Waals surface area (Å²) >= 11 is 0. The zero-order valence-electron chi connectivity index (χ0n) is 15.4. The van der Waals surface area contributed by atoms with Crippen LogP contribution in [-0.2, 0) is 0 Å². The van der Waals surface area contributed by atoms with E-state index < -0.39 is 0 Å². The summed E-state index contributed by atoms with van der Waals surface area (Å²) in [5, 5.41) is 13.0. The van der Waals surface area contributed by atoms with Crippen molar-refractivity contribution >= 4 is 0 Å². The number of rotatable bonds is 13. The number of likely N-dealkylation sites (N-methyl/N-ethyl adjacent to an activating group) is 1. The minimum absolute atomic E-state index is 0.115. The molecule has 0 rings (SSSR count). The van der Waals surface area contributed by atoms with E-state index in [4.69, 9.17) is 0 Å². The highest BCUT2D eigenvalue weighted by molar-refractivity contribution is 4.82. The number of hydrogen-bond donors (Lipinski definition) is 2. The molecule has 0 amide bonds. The third kappa shape index (κ3) is 11.1. The minimum atomic E-state index is -0.115. The van der Waals surface area contributed by atoms with Gasteiger partial charge in [-0.3, -0.25) is 0 Å². The molecular weight excluding hydrogens is 260 g/mol. The van der Waals surface area contributed by atoms with Crippen LogP contribution < -0.4 is 5.32 Å². The van der Waals surface area contributed by atoms with Gasteiger partial charge in [-0.2, -0.15) is 0 Å². The fourth-order valence-electron chi connectivity index (χ4n) is 2.56. The predicted molar refractivity (Wildman–Crippen MR) is 93.8 cm³/mol. The fraction of sp³-hybridized carbons (Fsp3) is 1.00. The molecule has 128 valence electrons. The first-order valence-corrected chi connectivity index (χ1v) is 8.91. The third-order valence-electron chi connectivity index (χ3n) is 4.20. The molecule has 0 fully saturated rings. The molecular formula is C18H40N2O. The average Bonchev–Trinajstić information content (AvgIpc) is 2.41. The summed E-state index contributed by atoms with van der Waals surface area (Å²) in [4.78, 5) is 2.61. The lowest BCUT2D eigenvalue weighted by molar-refractivity contribution is 0.156. The Morgan fingerprint density at radius 2 is 1.52 bits per heavy atom. The van der Waals surface area contributed by atoms with Crippen LogP contribution in [0, 0.1) is 11.8 Å². The van der Waals surface area contributed by atoms with Crippen molar-refractivity contribution in [3.63, 3.8) is 0 Å². The zero-order chi connectivity index (χ0) is 16.3. The van der Waals surface area contributed by atoms with Gasteiger partial charge in [0.25, 0.3) is 0 Å². The average molecular weight is 301 g/mol. The van der Waals surface area contributed by atoms with Gasteiger partial charge in [0, 0.05) is 5.54 Å². The van der Waals surface area contributed by atoms with Crippen LogP contribution in [0.2, 0.25) is 0 Å². The number of aliphatic hydroxyl groups is 1. The Kier molecular flexibility index (Phi) is 11.4. The van der Waals surface area contributed by atoms with Gasteiger partial charge in [0.15, 0.2) is 0 Å². The zero-order valence-corrected chi connectivity index (χ0v) is 15.4. The highest BCUT2D eigenvalue weighted by Crippen LogP contribution is 2.13. The highest BCUT2D eigenvalue weighted by Gasteiger charge is 2.21. The molecule has 0 aliphatic rings. The molecule has 0 aromatic heterocycles. The van der Waals surface area contributed by atoms with E-state index in [-0.39, 0.29) is 12.1 Å². The summed E-state index contributed by atoms with van der Waals surface area (Å²) in [7, 11) is 0. The predicted octanol–water partition coefficient (Wildman–Crippen LogP) is 3.52. The lowest BCUT2D eigenvalue weighted by atomic mass is 9.96. The minimum Gasteiger partial charge on any atom is -0.394 e. The van der Waals surface area contributed by atoms with Crippen molar-refractivity contribution in [1.29, 1.82) is 0 Å². The van der Waals surface area contributed by atoms with Crippen molar-refractivity contribution in [2.24, 2.45) is 11.8 Å². The number of aliphatic hydroxyl groups excluding tert-OH is 1. The molecule has 0 spiro atoms. The van der Waals surface area contributed by atoms with Gasteiger partial charge in [0.2, 0.25) is 0 Å². The Morgan fingerprint density at radius 1 is 1.00 bits per heavy atom. The molecule has 3 nitrogen and oxygen atoms in total. The van der Waals surface area contributed by atoms with Crippen LogP contribution in [0.5, 0.6) is 0 Å². The van der Waals surface area contributed by atoms with Crippen molar-refractivity contribution in [2.75, 3.05) is 32.8 Å². The summed E-state index contributed by atoms with van der Waals surface area (Å²) in [6, 6.07) is 0. The van der Waals surface area contributed by atoms with Gasteiger partial charge >= 0.3 is 0 Å². The van der Waals surface area contributed by atoms with E-state index in [9.17, 15) is 5.11 Å². The van der Waals surface area contributed by atoms with Gasteiger partial charge in [0.1, 0.15) is 0 Å². The van der Waals surface area contributed by atoms with E-state index in [1.54, 1.807) is 0 Å². The Hall–Kier alpha value is -0.120. The first-order valence-electron chi connectivity index (χ1n) is 8.91. The van der Waals surface area contributed by atoms with Gasteiger partial charge in [-0.1, -0.05) is 34.6 Å². The van der Waals surface area contributed by atoms with Crippen LogP contribution in [0.1, 0.15) is 67.2 Å². The quantitative estimate of drug-likeness (QED) is 0.546. The summed E-state index contributed by atoms with van der Waals surface area (Å²) < 4.78 is 0. The van der Waals surface area contributed by atoms with Crippen molar-refractivity contribution < 1.29 is 5.11 Å². The summed E-state index contributed by atoms with van der Waals surface area (Å²) in [6.45, 7) is 18.1. The topological polar surface area (TPSA) is 35.5 Å². The Balaban J connectivity index is 4.19. The molecule has 0 radical (unpaired) electrons. The molecule has 0 aliphatic carbocycles. The van der Waals surface area contributed by atoms with E-state index in [0.29, 0.717) is 0 Å². The summed E-state index contributed by atoms with van der Waals surface area (Å²) in [6.07, 6.45) is 4.75. The molecule has 0 heterocycles. The van der Waals surface area contributed by atoms with Crippen molar-refractivity contribution in [2.45, 2.75) is 72.8 Å². The second-order valence-corrected chi connectivity index (χ2v) is 7.56. The first kappa shape index (κ1) is 20.9. The van der Waals surface area contributed by atoms with E-state index in [2.05, 4.69) is 51.8 Å². The Morgan fingerprint density at radius 3 is 1.90 bits per heavy atom. The lowest BCUT2D eigenvalue weighted by Gasteiger charge is -2.30. The molecule has 0 aromatic rings. The second kappa shape index (κ2) is 11.4. The monoisotopic (exact) mass is 300 g/mol. The summed E-state index contributed by atoms with van der Waals surface area (Å²) in [5.41, 5.74) is -0.115. The fourth-order valence-corrected chi connectivity index (χ4v) is 2.56. The van der Waals surface area contributed by atoms with E-state index in [1.165, 1.54) is 25.9 Å². The maximum absolute atomic E-state index is 9.56. The van der Waals surface area contributed by atoms with Gasteiger partial charge < -0.3 is 15.3 Å². The molecule has 0 saturated heterocycles. The number of nitrogens with one attached hydrogen (secondary N) is 1. The largest absolute Gasteiger partial charge is 0.394 e. The molecule has 1 unspecified atom stereocenters. The molecule has 2 N–H and O–H groups in total. The molecule has 0 aliphatic heterocycles. The maximum Gasteiger partial charge on any atom is 0.0610 e. The molecule has 0 saturated carbocycles. The van der Waals surface area contributed by atoms with Crippen LogP contribution >= 0.6 is 0 Å². The maximum atomic E-state index is 9.56. The van der Waals surface area contributed by atoms with E-state index >= 15 is 0 Å². The second-order valence-electron chi connectivity index (χ2n) is 7.56. The van der Waals surface area contributed by atoms with Crippen LogP contribution in [0.15, 0.2) is 0 Å². The van der Waals surface area contributed by atoms with E-state index in [1.807, 2.05) is 0 Å². The van der Waals surface area contributed by atoms with Crippen molar-refractivity contribution in [1.82, 2.24) is 10.2 Å². The lowest BCUT2D eigenvalue weighted by Crippen LogP contribution is -2.46. The van der Waals surface area contributed by atoms with Crippen LogP contribution in [0.4, 0.5) is 0 Å². The SMILES string of the molecule is CCNC(C)(CO)CCCN(CCC(C)C)CCC(C)C. The third-order valence-corrected chi connectivity index (χ3v) is 4.20. The van der Waals surface area contributed by atoms with Gasteiger partial charge in [-0.05, 0) is 70.6 Å². The first-order chi connectivity index (χ1) is 9.83. The van der Waals surface area contributed by atoms with Gasteiger partial charge in [-0.25, -0.2) is 0 Å². The normalized spacial score (nSPS) is 15.1. The van der Waals surface area contributed by atoms with Crippen molar-refractivity contribution in [3.8, 4) is 0 Å². The molecule has 3 heteroatoms. The standard InChI is InChI=1S/C18H40N2O/c1-7-19-18(6,15-21)11-8-12-20(13-9-16(2)3)14-10-17(4)5/h16-17,19,21H,7-15H2,1-6H3. The number of hydrogen-bond acceptors (Lipinski definition) is 3.